The Labute approximate surface area is 128 Å². The maximum atomic E-state index is 13.5. The van der Waals surface area contributed by atoms with Gasteiger partial charge < -0.3 is 14.4 Å². The number of ether oxygens (including phenoxy) is 2. The average molecular weight is 362 g/mol. The zero-order valence-corrected chi connectivity index (χ0v) is 13.0. The van der Waals surface area contributed by atoms with Crippen LogP contribution in [0.3, 0.4) is 0 Å². The van der Waals surface area contributed by atoms with Crippen molar-refractivity contribution < 1.29 is 28.2 Å². The third kappa shape index (κ3) is 4.52. The Hall–Kier alpha value is -1.96. The highest BCUT2D eigenvalue weighted by molar-refractivity contribution is 9.10. The van der Waals surface area contributed by atoms with Crippen LogP contribution in [0.1, 0.15) is 10.4 Å². The number of hydrogen-bond donors (Lipinski definition) is 0. The van der Waals surface area contributed by atoms with E-state index < -0.39 is 36.8 Å². The van der Waals surface area contributed by atoms with Gasteiger partial charge in [0.2, 0.25) is 0 Å². The van der Waals surface area contributed by atoms with Crippen molar-refractivity contribution in [2.24, 2.45) is 0 Å². The number of methoxy groups -OCH3 is 2. The highest BCUT2D eigenvalue weighted by atomic mass is 79.9. The fourth-order valence-corrected chi connectivity index (χ4v) is 1.91. The summed E-state index contributed by atoms with van der Waals surface area (Å²) in [6.07, 6.45) is 0. The van der Waals surface area contributed by atoms with Crippen molar-refractivity contribution in [3.63, 3.8) is 0 Å². The van der Waals surface area contributed by atoms with E-state index in [9.17, 15) is 18.8 Å². The molecule has 6 nitrogen and oxygen atoms in total. The van der Waals surface area contributed by atoms with Crippen molar-refractivity contribution in [3.05, 3.63) is 34.1 Å². The van der Waals surface area contributed by atoms with E-state index in [0.717, 1.165) is 19.1 Å². The molecule has 1 aromatic carbocycles. The summed E-state index contributed by atoms with van der Waals surface area (Å²) in [4.78, 5) is 35.9. The monoisotopic (exact) mass is 361 g/mol. The molecule has 1 amide bonds. The molecule has 0 N–H and O–H groups in total. The molecule has 1 aromatic rings. The number of nitrogens with zero attached hydrogens (tertiary/aromatic N) is 1. The summed E-state index contributed by atoms with van der Waals surface area (Å²) >= 11 is 2.96. The lowest BCUT2D eigenvalue weighted by Crippen LogP contribution is -2.40. The first kappa shape index (κ1) is 17.1. The van der Waals surface area contributed by atoms with Crippen LogP contribution >= 0.6 is 15.9 Å². The Morgan fingerprint density at radius 2 is 1.67 bits per heavy atom. The molecule has 0 spiro atoms. The summed E-state index contributed by atoms with van der Waals surface area (Å²) in [6, 6.07) is 3.89. The molecular weight excluding hydrogens is 349 g/mol. The molecule has 0 aliphatic heterocycles. The third-order valence-corrected chi connectivity index (χ3v) is 3.37. The molecule has 0 saturated carbocycles. The zero-order valence-electron chi connectivity index (χ0n) is 11.4. The van der Waals surface area contributed by atoms with Gasteiger partial charge in [-0.25, -0.2) is 4.39 Å². The van der Waals surface area contributed by atoms with Crippen LogP contribution in [-0.4, -0.2) is 50.1 Å². The van der Waals surface area contributed by atoms with Gasteiger partial charge in [-0.05, 0) is 28.1 Å². The molecule has 0 aliphatic carbocycles. The molecule has 8 heteroatoms. The van der Waals surface area contributed by atoms with E-state index in [-0.39, 0.29) is 10.0 Å². The van der Waals surface area contributed by atoms with E-state index >= 15 is 0 Å². The maximum Gasteiger partial charge on any atom is 0.325 e. The first-order valence-corrected chi connectivity index (χ1v) is 6.57. The SMILES string of the molecule is COC(=O)CN(CC(=O)OC)C(=O)c1cccc(F)c1Br. The molecule has 0 saturated heterocycles. The van der Waals surface area contributed by atoms with Gasteiger partial charge in [0.25, 0.3) is 5.91 Å². The molecule has 0 heterocycles. The second-order valence-electron chi connectivity index (χ2n) is 3.91. The minimum atomic E-state index is -0.709. The zero-order chi connectivity index (χ0) is 16.0. The van der Waals surface area contributed by atoms with E-state index in [4.69, 9.17) is 0 Å². The van der Waals surface area contributed by atoms with Crippen molar-refractivity contribution in [1.29, 1.82) is 0 Å². The molecule has 0 bridgehead atoms. The second-order valence-corrected chi connectivity index (χ2v) is 4.71. The Morgan fingerprint density at radius 3 is 2.14 bits per heavy atom. The number of halogens is 2. The fraction of sp³-hybridized carbons (Fsp3) is 0.308. The first-order valence-electron chi connectivity index (χ1n) is 5.77. The topological polar surface area (TPSA) is 72.9 Å². The largest absolute Gasteiger partial charge is 0.468 e. The van der Waals surface area contributed by atoms with Gasteiger partial charge in [0.15, 0.2) is 0 Å². The van der Waals surface area contributed by atoms with E-state index in [1.807, 2.05) is 0 Å². The van der Waals surface area contributed by atoms with E-state index in [0.29, 0.717) is 0 Å². The Kier molecular flexibility index (Phi) is 6.29. The molecule has 0 radical (unpaired) electrons. The van der Waals surface area contributed by atoms with Crippen LogP contribution in [0.15, 0.2) is 22.7 Å². The lowest BCUT2D eigenvalue weighted by molar-refractivity contribution is -0.144. The van der Waals surface area contributed by atoms with Crippen molar-refractivity contribution in [2.75, 3.05) is 27.3 Å². The summed E-state index contributed by atoms with van der Waals surface area (Å²) in [6.45, 7) is -0.902. The number of carbonyl (C=O) groups excluding carboxylic acids is 3. The van der Waals surface area contributed by atoms with Gasteiger partial charge in [-0.15, -0.1) is 0 Å². The van der Waals surface area contributed by atoms with Gasteiger partial charge in [-0.1, -0.05) is 6.07 Å². The molecule has 0 aromatic heterocycles. The lowest BCUT2D eigenvalue weighted by Gasteiger charge is -2.20. The maximum absolute atomic E-state index is 13.5. The number of carbonyl (C=O) groups is 3. The van der Waals surface area contributed by atoms with Crippen LogP contribution in [-0.2, 0) is 19.1 Å². The molecule has 21 heavy (non-hydrogen) atoms. The molecule has 114 valence electrons. The fourth-order valence-electron chi connectivity index (χ4n) is 1.48. The summed E-state index contributed by atoms with van der Waals surface area (Å²) in [5.41, 5.74) is -0.0113. The highest BCUT2D eigenvalue weighted by Gasteiger charge is 2.24. The smallest absolute Gasteiger partial charge is 0.325 e. The minimum absolute atomic E-state index is 0.0113. The van der Waals surface area contributed by atoms with Crippen molar-refractivity contribution in [3.8, 4) is 0 Å². The molecule has 0 unspecified atom stereocenters. The number of benzene rings is 1. The van der Waals surface area contributed by atoms with Crippen LogP contribution in [0.25, 0.3) is 0 Å². The summed E-state index contributed by atoms with van der Waals surface area (Å²) in [7, 11) is 2.31. The predicted octanol–water partition coefficient (Wildman–Crippen LogP) is 1.38. The van der Waals surface area contributed by atoms with Crippen molar-refractivity contribution in [1.82, 2.24) is 4.90 Å². The standard InChI is InChI=1S/C13H13BrFNO5/c1-20-10(17)6-16(7-11(18)21-2)13(19)8-4-3-5-9(15)12(8)14/h3-5H,6-7H2,1-2H3. The van der Waals surface area contributed by atoms with E-state index in [1.54, 1.807) is 0 Å². The van der Waals surface area contributed by atoms with E-state index in [2.05, 4.69) is 25.4 Å². The average Bonchev–Trinajstić information content (AvgIpc) is 2.48. The number of amides is 1. The van der Waals surface area contributed by atoms with Crippen LogP contribution < -0.4 is 0 Å². The second kappa shape index (κ2) is 7.72. The quantitative estimate of drug-likeness (QED) is 0.740. The highest BCUT2D eigenvalue weighted by Crippen LogP contribution is 2.21. The van der Waals surface area contributed by atoms with Crippen molar-refractivity contribution >= 4 is 33.8 Å². The minimum Gasteiger partial charge on any atom is -0.468 e. The third-order valence-electron chi connectivity index (χ3n) is 2.56. The van der Waals surface area contributed by atoms with Crippen molar-refractivity contribution in [2.45, 2.75) is 0 Å². The van der Waals surface area contributed by atoms with Crippen LogP contribution in [0, 0.1) is 5.82 Å². The molecule has 0 aliphatic rings. The Morgan fingerprint density at radius 1 is 1.14 bits per heavy atom. The molecule has 1 rings (SSSR count). The number of rotatable bonds is 5. The normalized spacial score (nSPS) is 9.90. The molecule has 0 atom stereocenters. The van der Waals surface area contributed by atoms with Gasteiger partial charge in [0, 0.05) is 0 Å². The van der Waals surface area contributed by atoms with Crippen LogP contribution in [0.2, 0.25) is 0 Å². The van der Waals surface area contributed by atoms with Gasteiger partial charge in [0.05, 0.1) is 24.3 Å². The Bertz CT molecular complexity index is 545. The summed E-state index contributed by atoms with van der Waals surface area (Å²) < 4.78 is 22.3. The number of esters is 2. The van der Waals surface area contributed by atoms with Crippen LogP contribution in [0.5, 0.6) is 0 Å². The van der Waals surface area contributed by atoms with Gasteiger partial charge in [0.1, 0.15) is 18.9 Å². The number of hydrogen-bond acceptors (Lipinski definition) is 5. The predicted molar refractivity (Wildman–Crippen MR) is 74.0 cm³/mol. The molecule has 0 fully saturated rings. The van der Waals surface area contributed by atoms with E-state index in [1.165, 1.54) is 18.2 Å². The van der Waals surface area contributed by atoms with Gasteiger partial charge in [-0.2, -0.15) is 0 Å². The Balaban J connectivity index is 3.06. The van der Waals surface area contributed by atoms with Crippen LogP contribution in [0.4, 0.5) is 4.39 Å². The summed E-state index contributed by atoms with van der Waals surface area (Å²) in [5, 5.41) is 0. The molecular formula is C13H13BrFNO5. The first-order chi connectivity index (χ1) is 9.90. The lowest BCUT2D eigenvalue weighted by atomic mass is 10.2. The summed E-state index contributed by atoms with van der Waals surface area (Å²) in [5.74, 6) is -2.74. The van der Waals surface area contributed by atoms with Gasteiger partial charge >= 0.3 is 11.9 Å². The van der Waals surface area contributed by atoms with Gasteiger partial charge in [-0.3, -0.25) is 14.4 Å².